The zero-order valence-corrected chi connectivity index (χ0v) is 12.0. The number of aromatic nitrogens is 3. The lowest BCUT2D eigenvalue weighted by Crippen LogP contribution is -1.99. The third-order valence-corrected chi connectivity index (χ3v) is 4.25. The molecule has 0 atom stereocenters. The number of hydrogen-bond donors (Lipinski definition) is 0. The molecule has 2 aromatic heterocycles. The molecule has 0 N–H and O–H groups in total. The summed E-state index contributed by atoms with van der Waals surface area (Å²) in [6, 6.07) is 7.88. The third-order valence-electron chi connectivity index (χ3n) is 4.00. The van der Waals surface area contributed by atoms with Crippen LogP contribution in [-0.2, 0) is 12.8 Å². The van der Waals surface area contributed by atoms with Crippen LogP contribution in [0.2, 0.25) is 5.02 Å². The topological polar surface area (TPSA) is 30.2 Å². The van der Waals surface area contributed by atoms with Crippen LogP contribution in [0.3, 0.4) is 0 Å². The average molecular weight is 284 g/mol. The van der Waals surface area contributed by atoms with Crippen LogP contribution in [0.15, 0.2) is 30.5 Å². The molecule has 0 unspecified atom stereocenters. The molecule has 0 radical (unpaired) electrons. The van der Waals surface area contributed by atoms with E-state index in [1.165, 1.54) is 17.7 Å². The Labute approximate surface area is 122 Å². The summed E-state index contributed by atoms with van der Waals surface area (Å²) in [5, 5.41) is 5.45. The van der Waals surface area contributed by atoms with E-state index >= 15 is 0 Å². The second-order valence-corrected chi connectivity index (χ2v) is 5.72. The van der Waals surface area contributed by atoms with Crippen molar-refractivity contribution in [1.29, 1.82) is 0 Å². The predicted octanol–water partition coefficient (Wildman–Crippen LogP) is 3.85. The monoisotopic (exact) mass is 283 g/mol. The van der Waals surface area contributed by atoms with Gasteiger partial charge in [-0.3, -0.25) is 0 Å². The fourth-order valence-electron chi connectivity index (χ4n) is 3.05. The van der Waals surface area contributed by atoms with Crippen molar-refractivity contribution in [3.63, 3.8) is 0 Å². The average Bonchev–Trinajstić information content (AvgIpc) is 3.03. The molecule has 0 spiro atoms. The first-order valence-electron chi connectivity index (χ1n) is 6.86. The van der Waals surface area contributed by atoms with E-state index < -0.39 is 0 Å². The van der Waals surface area contributed by atoms with Crippen LogP contribution < -0.4 is 0 Å². The molecule has 2 heterocycles. The maximum Gasteiger partial charge on any atom is 0.163 e. The van der Waals surface area contributed by atoms with Crippen LogP contribution in [0.1, 0.15) is 23.4 Å². The van der Waals surface area contributed by atoms with E-state index in [-0.39, 0.29) is 0 Å². The maximum atomic E-state index is 5.97. The van der Waals surface area contributed by atoms with Crippen molar-refractivity contribution in [2.75, 3.05) is 0 Å². The molecular formula is C16H14ClN3. The SMILES string of the molecule is Cc1nn2c3c(cnc2c1-c1ccc(Cl)cc1)CCC3. The lowest BCUT2D eigenvalue weighted by molar-refractivity contribution is 0.827. The number of nitrogens with zero attached hydrogens (tertiary/aromatic N) is 3. The molecule has 100 valence electrons. The summed E-state index contributed by atoms with van der Waals surface area (Å²) in [7, 11) is 0. The van der Waals surface area contributed by atoms with Crippen LogP contribution in [0, 0.1) is 6.92 Å². The number of benzene rings is 1. The van der Waals surface area contributed by atoms with Gasteiger partial charge in [0.15, 0.2) is 5.65 Å². The standard InChI is InChI=1S/C16H14ClN3/c1-10-15(11-5-7-13(17)8-6-11)16-18-9-12-3-2-4-14(12)20(16)19-10/h5-9H,2-4H2,1H3. The van der Waals surface area contributed by atoms with Gasteiger partial charge in [-0.25, -0.2) is 9.50 Å². The molecule has 0 amide bonds. The number of hydrogen-bond acceptors (Lipinski definition) is 2. The zero-order valence-electron chi connectivity index (χ0n) is 11.2. The van der Waals surface area contributed by atoms with Crippen molar-refractivity contribution >= 4 is 17.2 Å². The summed E-state index contributed by atoms with van der Waals surface area (Å²) in [4.78, 5) is 4.64. The van der Waals surface area contributed by atoms with Gasteiger partial charge >= 0.3 is 0 Å². The van der Waals surface area contributed by atoms with E-state index in [0.29, 0.717) is 0 Å². The number of aryl methyl sites for hydroxylation is 3. The third kappa shape index (κ3) is 1.66. The smallest absolute Gasteiger partial charge is 0.163 e. The maximum absolute atomic E-state index is 5.97. The Bertz CT molecular complexity index is 803. The summed E-state index contributed by atoms with van der Waals surface area (Å²) >= 11 is 5.97. The number of rotatable bonds is 1. The zero-order chi connectivity index (χ0) is 13.7. The summed E-state index contributed by atoms with van der Waals surface area (Å²) < 4.78 is 2.03. The van der Waals surface area contributed by atoms with Crippen molar-refractivity contribution in [2.45, 2.75) is 26.2 Å². The van der Waals surface area contributed by atoms with Crippen LogP contribution in [0.25, 0.3) is 16.8 Å². The van der Waals surface area contributed by atoms with E-state index in [1.54, 1.807) is 0 Å². The quantitative estimate of drug-likeness (QED) is 0.679. The number of fused-ring (bicyclic) bond motifs is 3. The Morgan fingerprint density at radius 3 is 2.75 bits per heavy atom. The highest BCUT2D eigenvalue weighted by Crippen LogP contribution is 2.31. The summed E-state index contributed by atoms with van der Waals surface area (Å²) in [6.45, 7) is 2.04. The summed E-state index contributed by atoms with van der Waals surface area (Å²) in [5.41, 5.74) is 6.84. The van der Waals surface area contributed by atoms with Gasteiger partial charge in [-0.2, -0.15) is 5.10 Å². The molecule has 1 aliphatic rings. The van der Waals surface area contributed by atoms with E-state index in [9.17, 15) is 0 Å². The highest BCUT2D eigenvalue weighted by molar-refractivity contribution is 6.30. The molecule has 4 heteroatoms. The highest BCUT2D eigenvalue weighted by Gasteiger charge is 2.20. The van der Waals surface area contributed by atoms with Gasteiger partial charge in [-0.05, 0) is 49.4 Å². The predicted molar refractivity (Wildman–Crippen MR) is 80.2 cm³/mol. The molecule has 0 fully saturated rings. The fourth-order valence-corrected chi connectivity index (χ4v) is 3.17. The van der Waals surface area contributed by atoms with E-state index in [0.717, 1.165) is 40.3 Å². The lowest BCUT2D eigenvalue weighted by atomic mass is 10.1. The van der Waals surface area contributed by atoms with E-state index in [4.69, 9.17) is 16.7 Å². The van der Waals surface area contributed by atoms with Gasteiger partial charge in [-0.15, -0.1) is 0 Å². The van der Waals surface area contributed by atoms with Gasteiger partial charge in [0.2, 0.25) is 0 Å². The Hall–Kier alpha value is -1.87. The lowest BCUT2D eigenvalue weighted by Gasteiger charge is -2.03. The summed E-state index contributed by atoms with van der Waals surface area (Å²) in [5.74, 6) is 0. The van der Waals surface area contributed by atoms with Gasteiger partial charge < -0.3 is 0 Å². The van der Waals surface area contributed by atoms with Crippen molar-refractivity contribution in [3.8, 4) is 11.1 Å². The van der Waals surface area contributed by atoms with E-state index in [1.807, 2.05) is 41.9 Å². The van der Waals surface area contributed by atoms with Crippen LogP contribution in [0.4, 0.5) is 0 Å². The Morgan fingerprint density at radius 1 is 1.15 bits per heavy atom. The molecule has 0 saturated heterocycles. The molecule has 0 aliphatic heterocycles. The molecule has 3 nitrogen and oxygen atoms in total. The minimum absolute atomic E-state index is 0.747. The van der Waals surface area contributed by atoms with Crippen molar-refractivity contribution in [3.05, 3.63) is 52.4 Å². The molecule has 20 heavy (non-hydrogen) atoms. The fraction of sp³-hybridized carbons (Fsp3) is 0.250. The molecule has 0 bridgehead atoms. The van der Waals surface area contributed by atoms with Gasteiger partial charge in [0.1, 0.15) is 0 Å². The molecule has 3 aromatic rings. The van der Waals surface area contributed by atoms with Crippen LogP contribution in [0.5, 0.6) is 0 Å². The summed E-state index contributed by atoms with van der Waals surface area (Å²) in [6.07, 6.45) is 5.42. The first-order chi connectivity index (χ1) is 9.74. The van der Waals surface area contributed by atoms with Gasteiger partial charge in [0.05, 0.1) is 5.69 Å². The first kappa shape index (κ1) is 11.9. The molecular weight excluding hydrogens is 270 g/mol. The normalized spacial score (nSPS) is 13.9. The van der Waals surface area contributed by atoms with Crippen LogP contribution >= 0.6 is 11.6 Å². The molecule has 0 saturated carbocycles. The van der Waals surface area contributed by atoms with Crippen molar-refractivity contribution in [2.24, 2.45) is 0 Å². The van der Waals surface area contributed by atoms with Crippen molar-refractivity contribution in [1.82, 2.24) is 14.6 Å². The second-order valence-electron chi connectivity index (χ2n) is 5.29. The minimum Gasteiger partial charge on any atom is -0.236 e. The largest absolute Gasteiger partial charge is 0.236 e. The minimum atomic E-state index is 0.747. The molecule has 4 rings (SSSR count). The Kier molecular flexibility index (Phi) is 2.57. The van der Waals surface area contributed by atoms with Gasteiger partial charge in [0, 0.05) is 22.5 Å². The van der Waals surface area contributed by atoms with E-state index in [2.05, 4.69) is 4.98 Å². The Morgan fingerprint density at radius 2 is 1.95 bits per heavy atom. The highest BCUT2D eigenvalue weighted by atomic mass is 35.5. The molecule has 1 aliphatic carbocycles. The Balaban J connectivity index is 2.00. The van der Waals surface area contributed by atoms with Gasteiger partial charge in [-0.1, -0.05) is 23.7 Å². The number of halogens is 1. The van der Waals surface area contributed by atoms with Gasteiger partial charge in [0.25, 0.3) is 0 Å². The second kappa shape index (κ2) is 4.32. The molecule has 1 aromatic carbocycles. The van der Waals surface area contributed by atoms with Crippen LogP contribution in [-0.4, -0.2) is 14.6 Å². The first-order valence-corrected chi connectivity index (χ1v) is 7.24. The van der Waals surface area contributed by atoms with Crippen molar-refractivity contribution < 1.29 is 0 Å².